The highest BCUT2D eigenvalue weighted by Crippen LogP contribution is 2.42. The minimum Gasteiger partial charge on any atom is -0.486 e. The molecule has 0 aliphatic carbocycles. The zero-order valence-electron chi connectivity index (χ0n) is 22.8. The molecule has 37 heavy (non-hydrogen) atoms. The summed E-state index contributed by atoms with van der Waals surface area (Å²) in [6, 6.07) is 13.2. The third-order valence-electron chi connectivity index (χ3n) is 7.08. The van der Waals surface area contributed by atoms with Crippen LogP contribution in [0.5, 0.6) is 5.75 Å². The first-order valence-corrected chi connectivity index (χ1v) is 12.6. The Morgan fingerprint density at radius 1 is 1.00 bits per heavy atom. The van der Waals surface area contributed by atoms with Gasteiger partial charge in [-0.3, -0.25) is 14.4 Å². The maximum Gasteiger partial charge on any atom is 0.323 e. The number of carbonyl (C=O) groups excluding carboxylic acids is 2. The Kier molecular flexibility index (Phi) is 8.16. The first-order valence-electron chi connectivity index (χ1n) is 12.6. The standard InChI is InChI=1S/C30H37NO6/c1-8-30(9-2,22-11-13-23(19(3)14-22)36-18-25(32)29(4,5)6)26-16-21-15-20(10-12-24(21)37-26)28(35)31(7)17-27(33)34/h10-16H,8-9,17-18H2,1-7H3,(H,33,34). The molecule has 0 saturated carbocycles. The smallest absolute Gasteiger partial charge is 0.323 e. The van der Waals surface area contributed by atoms with Crippen LogP contribution in [0.2, 0.25) is 0 Å². The predicted molar refractivity (Wildman–Crippen MR) is 143 cm³/mol. The van der Waals surface area contributed by atoms with Crippen molar-refractivity contribution in [3.63, 3.8) is 0 Å². The summed E-state index contributed by atoms with van der Waals surface area (Å²) >= 11 is 0. The van der Waals surface area contributed by atoms with E-state index >= 15 is 0 Å². The molecule has 0 aliphatic heterocycles. The van der Waals surface area contributed by atoms with E-state index in [4.69, 9.17) is 14.3 Å². The zero-order chi connectivity index (χ0) is 27.5. The second-order valence-electron chi connectivity index (χ2n) is 10.6. The van der Waals surface area contributed by atoms with E-state index in [0.29, 0.717) is 16.9 Å². The van der Waals surface area contributed by atoms with Gasteiger partial charge in [-0.05, 0) is 61.2 Å². The van der Waals surface area contributed by atoms with Gasteiger partial charge in [0.2, 0.25) is 0 Å². The summed E-state index contributed by atoms with van der Waals surface area (Å²) in [7, 11) is 1.47. The summed E-state index contributed by atoms with van der Waals surface area (Å²) in [6.07, 6.45) is 1.58. The van der Waals surface area contributed by atoms with Gasteiger partial charge in [-0.25, -0.2) is 0 Å². The van der Waals surface area contributed by atoms with Crippen LogP contribution in [0.3, 0.4) is 0 Å². The van der Waals surface area contributed by atoms with E-state index in [1.807, 2.05) is 45.9 Å². The average molecular weight is 508 g/mol. The van der Waals surface area contributed by atoms with Crippen molar-refractivity contribution in [1.82, 2.24) is 4.90 Å². The number of furan rings is 1. The van der Waals surface area contributed by atoms with Gasteiger partial charge in [0, 0.05) is 23.4 Å². The summed E-state index contributed by atoms with van der Waals surface area (Å²) < 4.78 is 12.2. The largest absolute Gasteiger partial charge is 0.486 e. The predicted octanol–water partition coefficient (Wildman–Crippen LogP) is 6.00. The number of carboxylic acids is 1. The van der Waals surface area contributed by atoms with E-state index in [1.165, 1.54) is 11.9 Å². The Morgan fingerprint density at radius 3 is 2.24 bits per heavy atom. The molecule has 0 saturated heterocycles. The summed E-state index contributed by atoms with van der Waals surface area (Å²) in [5.41, 5.74) is 2.25. The van der Waals surface area contributed by atoms with Crippen LogP contribution < -0.4 is 4.74 Å². The molecule has 198 valence electrons. The molecule has 1 heterocycles. The summed E-state index contributed by atoms with van der Waals surface area (Å²) in [5, 5.41) is 9.78. The van der Waals surface area contributed by atoms with E-state index in [1.54, 1.807) is 18.2 Å². The number of aliphatic carboxylic acids is 1. The number of aryl methyl sites for hydroxylation is 1. The number of ether oxygens (including phenoxy) is 1. The normalized spacial score (nSPS) is 12.0. The van der Waals surface area contributed by atoms with Crippen molar-refractivity contribution in [2.45, 2.75) is 59.8 Å². The number of fused-ring (bicyclic) bond motifs is 1. The van der Waals surface area contributed by atoms with Gasteiger partial charge in [-0.1, -0.05) is 46.8 Å². The molecular formula is C30H37NO6. The molecule has 0 aliphatic rings. The van der Waals surface area contributed by atoms with Crippen LogP contribution in [-0.4, -0.2) is 47.9 Å². The maximum absolute atomic E-state index is 12.7. The Labute approximate surface area is 218 Å². The SMILES string of the molecule is CCC(CC)(c1ccc(OCC(=O)C(C)(C)C)c(C)c1)c1cc2cc(C(=O)N(C)CC(=O)O)ccc2o1. The van der Waals surface area contributed by atoms with Gasteiger partial charge >= 0.3 is 5.97 Å². The summed E-state index contributed by atoms with van der Waals surface area (Å²) in [4.78, 5) is 37.1. The Balaban J connectivity index is 1.94. The lowest BCUT2D eigenvalue weighted by atomic mass is 9.73. The lowest BCUT2D eigenvalue weighted by Gasteiger charge is -2.31. The molecule has 3 rings (SSSR count). The molecule has 1 amide bonds. The van der Waals surface area contributed by atoms with Crippen molar-refractivity contribution in [2.75, 3.05) is 20.2 Å². The number of carboxylic acid groups (broad SMARTS) is 1. The molecule has 0 bridgehead atoms. The third-order valence-corrected chi connectivity index (χ3v) is 7.08. The highest BCUT2D eigenvalue weighted by Gasteiger charge is 2.35. The Hall–Kier alpha value is -3.61. The van der Waals surface area contributed by atoms with Gasteiger partial charge in [0.25, 0.3) is 5.91 Å². The van der Waals surface area contributed by atoms with E-state index in [2.05, 4.69) is 19.9 Å². The second-order valence-corrected chi connectivity index (χ2v) is 10.6. The number of hydrogen-bond donors (Lipinski definition) is 1. The molecule has 0 unspecified atom stereocenters. The maximum atomic E-state index is 12.7. The van der Waals surface area contributed by atoms with Crippen molar-refractivity contribution in [3.05, 3.63) is 64.9 Å². The van der Waals surface area contributed by atoms with E-state index in [0.717, 1.165) is 35.1 Å². The van der Waals surface area contributed by atoms with Crippen LogP contribution in [0, 0.1) is 12.3 Å². The molecule has 0 spiro atoms. The van der Waals surface area contributed by atoms with Crippen molar-refractivity contribution in [2.24, 2.45) is 5.41 Å². The fourth-order valence-corrected chi connectivity index (χ4v) is 4.53. The minimum absolute atomic E-state index is 0.0304. The van der Waals surface area contributed by atoms with Crippen molar-refractivity contribution in [1.29, 1.82) is 0 Å². The lowest BCUT2D eigenvalue weighted by Crippen LogP contribution is -2.31. The van der Waals surface area contributed by atoms with Gasteiger partial charge in [0.05, 0.1) is 5.41 Å². The highest BCUT2D eigenvalue weighted by atomic mass is 16.5. The lowest BCUT2D eigenvalue weighted by molar-refractivity contribution is -0.137. The monoisotopic (exact) mass is 507 g/mol. The molecule has 0 radical (unpaired) electrons. The number of likely N-dealkylation sites (N-methyl/N-ethyl adjacent to an activating group) is 1. The molecule has 0 fully saturated rings. The topological polar surface area (TPSA) is 97.1 Å². The van der Waals surface area contributed by atoms with Crippen LogP contribution in [0.25, 0.3) is 11.0 Å². The quantitative estimate of drug-likeness (QED) is 0.362. The molecular weight excluding hydrogens is 470 g/mol. The number of carbonyl (C=O) groups is 3. The van der Waals surface area contributed by atoms with Gasteiger partial charge in [0.1, 0.15) is 30.2 Å². The Bertz CT molecular complexity index is 1310. The van der Waals surface area contributed by atoms with Crippen molar-refractivity contribution < 1.29 is 28.6 Å². The highest BCUT2D eigenvalue weighted by molar-refractivity contribution is 5.99. The average Bonchev–Trinajstić information content (AvgIpc) is 3.26. The van der Waals surface area contributed by atoms with Crippen molar-refractivity contribution >= 4 is 28.6 Å². The van der Waals surface area contributed by atoms with Crippen molar-refractivity contribution in [3.8, 4) is 5.75 Å². The fourth-order valence-electron chi connectivity index (χ4n) is 4.53. The van der Waals surface area contributed by atoms with E-state index < -0.39 is 16.8 Å². The Morgan fingerprint density at radius 2 is 1.68 bits per heavy atom. The van der Waals surface area contributed by atoms with Crippen LogP contribution in [0.15, 0.2) is 46.9 Å². The number of amides is 1. The first-order chi connectivity index (χ1) is 17.3. The molecule has 1 N–H and O–H groups in total. The van der Waals surface area contributed by atoms with E-state index in [9.17, 15) is 14.4 Å². The molecule has 2 aromatic carbocycles. The number of hydrogen-bond acceptors (Lipinski definition) is 5. The zero-order valence-corrected chi connectivity index (χ0v) is 22.8. The molecule has 3 aromatic rings. The minimum atomic E-state index is -1.06. The van der Waals surface area contributed by atoms with Crippen LogP contribution >= 0.6 is 0 Å². The van der Waals surface area contributed by atoms with Gasteiger partial charge < -0.3 is 19.2 Å². The van der Waals surface area contributed by atoms with Gasteiger partial charge in [-0.15, -0.1) is 0 Å². The number of rotatable bonds is 10. The second kappa shape index (κ2) is 10.8. The van der Waals surface area contributed by atoms with Crippen LogP contribution in [0.1, 0.15) is 74.7 Å². The third kappa shape index (κ3) is 5.87. The molecule has 7 nitrogen and oxygen atoms in total. The number of nitrogens with zero attached hydrogens (tertiary/aromatic N) is 1. The van der Waals surface area contributed by atoms with Gasteiger partial charge in [-0.2, -0.15) is 0 Å². The van der Waals surface area contributed by atoms with Crippen LogP contribution in [0.4, 0.5) is 0 Å². The number of benzene rings is 2. The number of Topliss-reactive ketones (excluding diaryl/α,β-unsaturated/α-hetero) is 1. The van der Waals surface area contributed by atoms with Crippen LogP contribution in [-0.2, 0) is 15.0 Å². The van der Waals surface area contributed by atoms with Gasteiger partial charge in [0.15, 0.2) is 5.78 Å². The first kappa shape index (κ1) is 28.0. The molecule has 7 heteroatoms. The fraction of sp³-hybridized carbons (Fsp3) is 0.433. The summed E-state index contributed by atoms with van der Waals surface area (Å²) in [6.45, 7) is 11.5. The summed E-state index contributed by atoms with van der Waals surface area (Å²) in [5.74, 6) is 0.0977. The van der Waals surface area contributed by atoms with E-state index in [-0.39, 0.29) is 24.8 Å². The molecule has 1 aromatic heterocycles. The number of ketones is 1. The molecule has 0 atom stereocenters.